The van der Waals surface area contributed by atoms with E-state index in [1.54, 1.807) is 0 Å². The van der Waals surface area contributed by atoms with Gasteiger partial charge in [-0.15, -0.1) is 0 Å². The molecule has 1 aliphatic heterocycles. The first-order chi connectivity index (χ1) is 8.30. The zero-order valence-corrected chi connectivity index (χ0v) is 11.3. The van der Waals surface area contributed by atoms with Crippen molar-refractivity contribution < 1.29 is 9.47 Å². The highest BCUT2D eigenvalue weighted by molar-refractivity contribution is 4.97. The Kier molecular flexibility index (Phi) is 4.83. The van der Waals surface area contributed by atoms with Crippen LogP contribution in [0.25, 0.3) is 0 Å². The lowest BCUT2D eigenvalue weighted by molar-refractivity contribution is -0.112. The Balaban J connectivity index is 1.98. The van der Waals surface area contributed by atoms with Gasteiger partial charge in [-0.25, -0.2) is 0 Å². The minimum absolute atomic E-state index is 0.0238. The van der Waals surface area contributed by atoms with Crippen molar-refractivity contribution in [1.82, 2.24) is 5.32 Å². The molecule has 0 aromatic carbocycles. The fraction of sp³-hybridized carbons (Fsp3) is 1.00. The predicted molar refractivity (Wildman–Crippen MR) is 69.2 cm³/mol. The number of ether oxygens (including phenoxy) is 2. The van der Waals surface area contributed by atoms with Gasteiger partial charge in [0, 0.05) is 39.2 Å². The molecule has 0 aromatic rings. The Hall–Kier alpha value is -0.120. The molecule has 0 amide bonds. The van der Waals surface area contributed by atoms with Crippen molar-refractivity contribution in [2.75, 3.05) is 26.9 Å². The Morgan fingerprint density at radius 3 is 2.59 bits per heavy atom. The Bertz CT molecular complexity index is 222. The van der Waals surface area contributed by atoms with E-state index in [9.17, 15) is 0 Å². The van der Waals surface area contributed by atoms with Gasteiger partial charge in [-0.3, -0.25) is 0 Å². The van der Waals surface area contributed by atoms with Crippen molar-refractivity contribution in [2.24, 2.45) is 5.92 Å². The molecular formula is C14H27NO2. The summed E-state index contributed by atoms with van der Waals surface area (Å²) < 4.78 is 11.4. The smallest absolute Gasteiger partial charge is 0.0874 e. The molecule has 1 unspecified atom stereocenters. The van der Waals surface area contributed by atoms with Gasteiger partial charge >= 0.3 is 0 Å². The summed E-state index contributed by atoms with van der Waals surface area (Å²) >= 11 is 0. The maximum absolute atomic E-state index is 5.92. The van der Waals surface area contributed by atoms with Gasteiger partial charge in [0.2, 0.25) is 0 Å². The molecule has 1 atom stereocenters. The summed E-state index contributed by atoms with van der Waals surface area (Å²) in [4.78, 5) is 0. The minimum Gasteiger partial charge on any atom is -0.381 e. The summed E-state index contributed by atoms with van der Waals surface area (Å²) in [6.07, 6.45) is 7.39. The average Bonchev–Trinajstić information content (AvgIpc) is 3.19. The summed E-state index contributed by atoms with van der Waals surface area (Å²) in [5.41, 5.74) is 0.0238. The zero-order valence-electron chi connectivity index (χ0n) is 11.3. The van der Waals surface area contributed by atoms with E-state index in [-0.39, 0.29) is 5.60 Å². The predicted octanol–water partition coefficient (Wildman–Crippen LogP) is 2.35. The van der Waals surface area contributed by atoms with Crippen molar-refractivity contribution in [1.29, 1.82) is 0 Å². The lowest BCUT2D eigenvalue weighted by atomic mass is 9.83. The molecule has 0 radical (unpaired) electrons. The zero-order chi connectivity index (χ0) is 12.1. The Morgan fingerprint density at radius 1 is 1.35 bits per heavy atom. The highest BCUT2D eigenvalue weighted by Crippen LogP contribution is 2.39. The quantitative estimate of drug-likeness (QED) is 0.742. The van der Waals surface area contributed by atoms with Gasteiger partial charge in [0.1, 0.15) is 0 Å². The van der Waals surface area contributed by atoms with Gasteiger partial charge in [-0.1, -0.05) is 19.8 Å². The summed E-state index contributed by atoms with van der Waals surface area (Å²) in [5.74, 6) is 0.944. The number of methoxy groups -OCH3 is 1. The molecule has 1 saturated heterocycles. The molecule has 0 spiro atoms. The average molecular weight is 241 g/mol. The molecule has 3 nitrogen and oxygen atoms in total. The van der Waals surface area contributed by atoms with Crippen LogP contribution in [0, 0.1) is 5.92 Å². The molecular weight excluding hydrogens is 214 g/mol. The second-order valence-electron chi connectivity index (χ2n) is 5.57. The largest absolute Gasteiger partial charge is 0.381 e. The van der Waals surface area contributed by atoms with Crippen molar-refractivity contribution in [2.45, 2.75) is 57.1 Å². The number of hydrogen-bond donors (Lipinski definition) is 1. The van der Waals surface area contributed by atoms with Crippen molar-refractivity contribution in [3.05, 3.63) is 0 Å². The van der Waals surface area contributed by atoms with E-state index in [1.807, 2.05) is 7.11 Å². The van der Waals surface area contributed by atoms with Crippen LogP contribution in [0.4, 0.5) is 0 Å². The van der Waals surface area contributed by atoms with E-state index >= 15 is 0 Å². The van der Waals surface area contributed by atoms with Crippen LogP contribution in [0.3, 0.4) is 0 Å². The molecule has 17 heavy (non-hydrogen) atoms. The fourth-order valence-electron chi connectivity index (χ4n) is 2.90. The van der Waals surface area contributed by atoms with Crippen LogP contribution in [0.5, 0.6) is 0 Å². The van der Waals surface area contributed by atoms with E-state index < -0.39 is 0 Å². The molecule has 1 saturated carbocycles. The van der Waals surface area contributed by atoms with Gasteiger partial charge in [0.25, 0.3) is 0 Å². The first-order valence-corrected chi connectivity index (χ1v) is 7.17. The fourth-order valence-corrected chi connectivity index (χ4v) is 2.90. The van der Waals surface area contributed by atoms with Gasteiger partial charge in [0.15, 0.2) is 0 Å². The van der Waals surface area contributed by atoms with Crippen LogP contribution in [-0.4, -0.2) is 38.5 Å². The molecule has 2 rings (SSSR count). The van der Waals surface area contributed by atoms with Crippen LogP contribution < -0.4 is 5.32 Å². The van der Waals surface area contributed by atoms with E-state index in [2.05, 4.69) is 12.2 Å². The van der Waals surface area contributed by atoms with Crippen molar-refractivity contribution in [3.8, 4) is 0 Å². The van der Waals surface area contributed by atoms with Gasteiger partial charge < -0.3 is 14.8 Å². The summed E-state index contributed by atoms with van der Waals surface area (Å²) in [6.45, 7) is 5.03. The monoisotopic (exact) mass is 241 g/mol. The van der Waals surface area contributed by atoms with E-state index in [0.717, 1.165) is 38.5 Å². The lowest BCUT2D eigenvalue weighted by Gasteiger charge is -2.43. The van der Waals surface area contributed by atoms with E-state index in [4.69, 9.17) is 9.47 Å². The molecule has 3 heteroatoms. The second-order valence-corrected chi connectivity index (χ2v) is 5.57. The highest BCUT2D eigenvalue weighted by Gasteiger charge is 2.42. The lowest BCUT2D eigenvalue weighted by Crippen LogP contribution is -2.55. The van der Waals surface area contributed by atoms with Crippen molar-refractivity contribution >= 4 is 0 Å². The summed E-state index contributed by atoms with van der Waals surface area (Å²) in [6, 6.07) is 0.517. The molecule has 100 valence electrons. The standard InChI is InChI=1S/C14H27NO2/c1-3-8-15-13(11-12-4-5-12)14(16-2)6-9-17-10-7-14/h12-13,15H,3-11H2,1-2H3. The SMILES string of the molecule is CCCNC(CC1CC1)C1(OC)CCOCC1. The van der Waals surface area contributed by atoms with E-state index in [1.165, 1.54) is 25.7 Å². The van der Waals surface area contributed by atoms with Crippen LogP contribution in [0.15, 0.2) is 0 Å². The molecule has 1 N–H and O–H groups in total. The maximum atomic E-state index is 5.92. The minimum atomic E-state index is 0.0238. The van der Waals surface area contributed by atoms with Gasteiger partial charge in [-0.2, -0.15) is 0 Å². The highest BCUT2D eigenvalue weighted by atomic mass is 16.5. The first kappa shape index (κ1) is 13.3. The Labute approximate surface area is 105 Å². The third kappa shape index (κ3) is 3.43. The molecule has 2 aliphatic rings. The van der Waals surface area contributed by atoms with Crippen molar-refractivity contribution in [3.63, 3.8) is 0 Å². The second kappa shape index (κ2) is 6.17. The van der Waals surface area contributed by atoms with Gasteiger partial charge in [-0.05, 0) is 25.3 Å². The molecule has 1 aliphatic carbocycles. The summed E-state index contributed by atoms with van der Waals surface area (Å²) in [5, 5.41) is 3.72. The third-order valence-corrected chi connectivity index (χ3v) is 4.29. The van der Waals surface area contributed by atoms with Crippen LogP contribution >= 0.6 is 0 Å². The number of nitrogens with one attached hydrogen (secondary N) is 1. The summed E-state index contributed by atoms with van der Waals surface area (Å²) in [7, 11) is 1.87. The molecule has 0 aromatic heterocycles. The first-order valence-electron chi connectivity index (χ1n) is 7.17. The number of hydrogen-bond acceptors (Lipinski definition) is 3. The van der Waals surface area contributed by atoms with Crippen LogP contribution in [0.2, 0.25) is 0 Å². The van der Waals surface area contributed by atoms with Crippen LogP contribution in [-0.2, 0) is 9.47 Å². The Morgan fingerprint density at radius 2 is 2.06 bits per heavy atom. The van der Waals surface area contributed by atoms with Crippen LogP contribution in [0.1, 0.15) is 45.4 Å². The molecule has 0 bridgehead atoms. The molecule has 1 heterocycles. The maximum Gasteiger partial charge on any atom is 0.0874 e. The third-order valence-electron chi connectivity index (χ3n) is 4.29. The molecule has 2 fully saturated rings. The topological polar surface area (TPSA) is 30.5 Å². The normalized spacial score (nSPS) is 25.8. The van der Waals surface area contributed by atoms with Gasteiger partial charge in [0.05, 0.1) is 5.60 Å². The van der Waals surface area contributed by atoms with E-state index in [0.29, 0.717) is 6.04 Å². The number of rotatable bonds is 7.